The number of benzene rings is 2. The van der Waals surface area contributed by atoms with E-state index in [0.717, 1.165) is 10.0 Å². The van der Waals surface area contributed by atoms with E-state index in [9.17, 15) is 14.4 Å². The minimum Gasteiger partial charge on any atom is -0.483 e. The number of hydrazone groups is 1. The average Bonchev–Trinajstić information content (AvgIpc) is 2.66. The molecule has 0 heterocycles. The first-order valence-corrected chi connectivity index (χ1v) is 9.44. The largest absolute Gasteiger partial charge is 0.483 e. The number of rotatable bonds is 8. The zero-order valence-corrected chi connectivity index (χ0v) is 17.6. The number of carbonyl (C=O) groups excluding carboxylic acids is 3. The van der Waals surface area contributed by atoms with Crippen molar-refractivity contribution in [2.24, 2.45) is 10.8 Å². The highest BCUT2D eigenvalue weighted by atomic mass is 79.9. The third-order valence-electron chi connectivity index (χ3n) is 3.74. The number of nitrogens with two attached hydrogens (primary N) is 1. The monoisotopic (exact) mass is 460 g/mol. The molecule has 2 aromatic rings. The van der Waals surface area contributed by atoms with E-state index in [1.165, 1.54) is 12.1 Å². The van der Waals surface area contributed by atoms with Gasteiger partial charge in [-0.05, 0) is 61.9 Å². The second kappa shape index (κ2) is 10.4. The molecule has 0 aromatic heterocycles. The van der Waals surface area contributed by atoms with Gasteiger partial charge in [0.15, 0.2) is 6.61 Å². The van der Waals surface area contributed by atoms with Gasteiger partial charge >= 0.3 is 0 Å². The molecule has 9 heteroatoms. The van der Waals surface area contributed by atoms with E-state index >= 15 is 0 Å². The summed E-state index contributed by atoms with van der Waals surface area (Å²) in [4.78, 5) is 34.9. The lowest BCUT2D eigenvalue weighted by atomic mass is 10.2. The van der Waals surface area contributed by atoms with Crippen LogP contribution >= 0.6 is 15.9 Å². The lowest BCUT2D eigenvalue weighted by Crippen LogP contribution is -2.26. The van der Waals surface area contributed by atoms with Crippen molar-refractivity contribution in [1.82, 2.24) is 5.43 Å². The molecule has 0 aliphatic heterocycles. The molecule has 8 nitrogen and oxygen atoms in total. The average molecular weight is 461 g/mol. The van der Waals surface area contributed by atoms with Crippen molar-refractivity contribution in [2.45, 2.75) is 20.3 Å². The van der Waals surface area contributed by atoms with Gasteiger partial charge in [0.25, 0.3) is 5.91 Å². The zero-order chi connectivity index (χ0) is 21.4. The normalized spacial score (nSPS) is 10.9. The van der Waals surface area contributed by atoms with Crippen LogP contribution in [0.4, 0.5) is 5.69 Å². The predicted molar refractivity (Wildman–Crippen MR) is 114 cm³/mol. The summed E-state index contributed by atoms with van der Waals surface area (Å²) in [5, 5.41) is 6.57. The van der Waals surface area contributed by atoms with Crippen molar-refractivity contribution in [2.75, 3.05) is 11.9 Å². The van der Waals surface area contributed by atoms with Gasteiger partial charge in [-0.1, -0.05) is 15.9 Å². The molecule has 0 saturated carbocycles. The Labute approximate surface area is 176 Å². The van der Waals surface area contributed by atoms with Crippen LogP contribution in [-0.2, 0) is 9.59 Å². The highest BCUT2D eigenvalue weighted by Crippen LogP contribution is 2.21. The Bertz CT molecular complexity index is 942. The van der Waals surface area contributed by atoms with Crippen LogP contribution in [0.25, 0.3) is 0 Å². The van der Waals surface area contributed by atoms with Crippen LogP contribution in [-0.4, -0.2) is 30.0 Å². The molecule has 0 saturated heterocycles. The Hall–Kier alpha value is -3.20. The molecule has 0 fully saturated rings. The summed E-state index contributed by atoms with van der Waals surface area (Å²) in [7, 11) is 0. The van der Waals surface area contributed by atoms with Gasteiger partial charge in [-0.3, -0.25) is 14.4 Å². The lowest BCUT2D eigenvalue weighted by molar-refractivity contribution is -0.123. The topological polar surface area (TPSA) is 123 Å². The number of carbonyl (C=O) groups is 3. The molecule has 0 unspecified atom stereocenters. The summed E-state index contributed by atoms with van der Waals surface area (Å²) in [5.74, 6) is -0.685. The fourth-order valence-corrected chi connectivity index (χ4v) is 2.78. The fourth-order valence-electron chi connectivity index (χ4n) is 2.30. The van der Waals surface area contributed by atoms with Gasteiger partial charge in [0.1, 0.15) is 5.75 Å². The smallest absolute Gasteiger partial charge is 0.277 e. The van der Waals surface area contributed by atoms with E-state index in [2.05, 4.69) is 31.8 Å². The van der Waals surface area contributed by atoms with Crippen LogP contribution < -0.4 is 21.2 Å². The maximum absolute atomic E-state index is 12.0. The Morgan fingerprint density at radius 3 is 2.41 bits per heavy atom. The van der Waals surface area contributed by atoms with Crippen LogP contribution in [0.15, 0.2) is 52.0 Å². The van der Waals surface area contributed by atoms with E-state index in [0.29, 0.717) is 22.7 Å². The summed E-state index contributed by atoms with van der Waals surface area (Å²) in [6.07, 6.45) is -0.00940. The number of hydrogen-bond donors (Lipinski definition) is 3. The first-order valence-electron chi connectivity index (χ1n) is 8.65. The molecule has 29 heavy (non-hydrogen) atoms. The molecule has 0 spiro atoms. The van der Waals surface area contributed by atoms with Gasteiger partial charge in [-0.25, -0.2) is 5.43 Å². The maximum atomic E-state index is 12.0. The van der Waals surface area contributed by atoms with Gasteiger partial charge in [0.2, 0.25) is 11.8 Å². The highest BCUT2D eigenvalue weighted by molar-refractivity contribution is 9.10. The summed E-state index contributed by atoms with van der Waals surface area (Å²) in [6, 6.07) is 11.7. The van der Waals surface area contributed by atoms with Crippen molar-refractivity contribution >= 4 is 45.1 Å². The van der Waals surface area contributed by atoms with Gasteiger partial charge in [0.05, 0.1) is 6.42 Å². The fraction of sp³-hybridized carbons (Fsp3) is 0.200. The molecular weight excluding hydrogens is 440 g/mol. The number of anilines is 1. The lowest BCUT2D eigenvalue weighted by Gasteiger charge is -2.09. The van der Waals surface area contributed by atoms with Crippen LogP contribution in [0.2, 0.25) is 0 Å². The van der Waals surface area contributed by atoms with Crippen molar-refractivity contribution < 1.29 is 19.1 Å². The second-order valence-electron chi connectivity index (χ2n) is 6.25. The van der Waals surface area contributed by atoms with Gasteiger partial charge in [0, 0.05) is 21.4 Å². The number of nitrogens with zero attached hydrogens (tertiary/aromatic N) is 1. The van der Waals surface area contributed by atoms with Crippen LogP contribution in [0.3, 0.4) is 0 Å². The molecule has 152 valence electrons. The van der Waals surface area contributed by atoms with E-state index in [4.69, 9.17) is 10.5 Å². The van der Waals surface area contributed by atoms with Crippen LogP contribution in [0.5, 0.6) is 5.75 Å². The predicted octanol–water partition coefficient (Wildman–Crippen LogP) is 2.76. The van der Waals surface area contributed by atoms with Crippen molar-refractivity contribution in [1.29, 1.82) is 0 Å². The number of primary amides is 1. The first kappa shape index (κ1) is 22.1. The van der Waals surface area contributed by atoms with Crippen molar-refractivity contribution in [3.8, 4) is 5.75 Å². The molecule has 0 bridgehead atoms. The summed E-state index contributed by atoms with van der Waals surface area (Å²) >= 11 is 3.36. The third kappa shape index (κ3) is 7.38. The molecule has 0 radical (unpaired) electrons. The molecule has 4 N–H and O–H groups in total. The van der Waals surface area contributed by atoms with Crippen molar-refractivity contribution in [3.05, 3.63) is 58.1 Å². The quantitative estimate of drug-likeness (QED) is 0.413. The van der Waals surface area contributed by atoms with Gasteiger partial charge in [-0.15, -0.1) is 0 Å². The van der Waals surface area contributed by atoms with Gasteiger partial charge in [-0.2, -0.15) is 5.10 Å². The molecule has 2 rings (SSSR count). The third-order valence-corrected chi connectivity index (χ3v) is 4.23. The number of halogens is 1. The zero-order valence-electron chi connectivity index (χ0n) is 16.0. The van der Waals surface area contributed by atoms with E-state index in [1.807, 2.05) is 19.1 Å². The van der Waals surface area contributed by atoms with Crippen LogP contribution in [0, 0.1) is 6.92 Å². The summed E-state index contributed by atoms with van der Waals surface area (Å²) in [6.45, 7) is 3.30. The van der Waals surface area contributed by atoms with E-state index in [1.54, 1.807) is 25.1 Å². The second-order valence-corrected chi connectivity index (χ2v) is 7.16. The number of aryl methyl sites for hydroxylation is 1. The minimum atomic E-state index is -0.541. The first-order chi connectivity index (χ1) is 13.7. The molecule has 0 aliphatic rings. The molecule has 0 atom stereocenters. The molecule has 2 aromatic carbocycles. The van der Waals surface area contributed by atoms with Crippen molar-refractivity contribution in [3.63, 3.8) is 0 Å². The minimum absolute atomic E-state index is 0.00940. The Balaban J connectivity index is 1.78. The number of hydrogen-bond acceptors (Lipinski definition) is 5. The summed E-state index contributed by atoms with van der Waals surface area (Å²) in [5.41, 5.74) is 9.72. The standard InChI is InChI=1S/C20H21BrN4O4/c1-12-9-15(21)5-8-17(12)29-11-19(27)25-24-13(2)10-18(26)23-16-6-3-14(4-7-16)20(22)28/h3-9H,10-11H2,1-2H3,(H2,22,28)(H,23,26)(H,25,27)/b24-13+. The van der Waals surface area contributed by atoms with E-state index in [-0.39, 0.29) is 18.9 Å². The Morgan fingerprint density at radius 2 is 1.79 bits per heavy atom. The molecular formula is C20H21BrN4O4. The number of nitrogens with one attached hydrogen (secondary N) is 2. The molecule has 3 amide bonds. The number of amides is 3. The SMILES string of the molecule is C/C(CC(=O)Nc1ccc(C(N)=O)cc1)=N\NC(=O)COc1ccc(Br)cc1C. The Kier molecular flexibility index (Phi) is 7.90. The van der Waals surface area contributed by atoms with E-state index < -0.39 is 11.8 Å². The molecule has 0 aliphatic carbocycles. The van der Waals surface area contributed by atoms with Gasteiger partial charge < -0.3 is 15.8 Å². The summed E-state index contributed by atoms with van der Waals surface area (Å²) < 4.78 is 6.38. The Morgan fingerprint density at radius 1 is 1.10 bits per heavy atom. The highest BCUT2D eigenvalue weighted by Gasteiger charge is 2.08. The number of ether oxygens (including phenoxy) is 1. The van der Waals surface area contributed by atoms with Crippen LogP contribution in [0.1, 0.15) is 29.3 Å². The maximum Gasteiger partial charge on any atom is 0.277 e.